The lowest BCUT2D eigenvalue weighted by Crippen LogP contribution is -2.30. The molecule has 0 saturated carbocycles. The lowest BCUT2D eigenvalue weighted by molar-refractivity contribution is 0.214. The highest BCUT2D eigenvalue weighted by Crippen LogP contribution is 2.30. The summed E-state index contributed by atoms with van der Waals surface area (Å²) in [5.74, 6) is 0.907. The van der Waals surface area contributed by atoms with Crippen LogP contribution in [0.15, 0.2) is 52.6 Å². The molecule has 0 unspecified atom stereocenters. The van der Waals surface area contributed by atoms with Gasteiger partial charge in [0.15, 0.2) is 11.5 Å². The lowest BCUT2D eigenvalue weighted by Gasteiger charge is -2.26. The third kappa shape index (κ3) is 4.20. The van der Waals surface area contributed by atoms with E-state index in [4.69, 9.17) is 11.6 Å². The number of para-hydroxylation sites is 1. The zero-order valence-electron chi connectivity index (χ0n) is 15.3. The quantitative estimate of drug-likeness (QED) is 0.623. The summed E-state index contributed by atoms with van der Waals surface area (Å²) in [5.41, 5.74) is 1.22. The van der Waals surface area contributed by atoms with E-state index in [-0.39, 0.29) is 5.69 Å². The summed E-state index contributed by atoms with van der Waals surface area (Å²) in [6.45, 7) is 2.95. The van der Waals surface area contributed by atoms with Gasteiger partial charge in [0.2, 0.25) is 5.16 Å². The number of nitriles is 1. The maximum Gasteiger partial charge on any atom is 0.202 e. The van der Waals surface area contributed by atoms with Gasteiger partial charge in [-0.2, -0.15) is 5.26 Å². The fourth-order valence-corrected chi connectivity index (χ4v) is 4.27. The molecule has 1 aromatic carbocycles. The Hall–Kier alpha value is -2.40. The van der Waals surface area contributed by atoms with Gasteiger partial charge in [0.25, 0.3) is 0 Å². The van der Waals surface area contributed by atoms with Gasteiger partial charge in [0.05, 0.1) is 11.6 Å². The number of pyridine rings is 1. The summed E-state index contributed by atoms with van der Waals surface area (Å²) in [6, 6.07) is 15.6. The zero-order chi connectivity index (χ0) is 19.3. The fraction of sp³-hybridized carbons (Fsp3) is 0.300. The molecule has 8 heteroatoms. The molecule has 4 rings (SSSR count). The monoisotopic (exact) mass is 410 g/mol. The highest BCUT2D eigenvalue weighted by atomic mass is 35.5. The van der Waals surface area contributed by atoms with Crippen molar-refractivity contribution in [2.75, 3.05) is 13.1 Å². The zero-order valence-corrected chi connectivity index (χ0v) is 16.8. The first kappa shape index (κ1) is 18.9. The number of hydrogen-bond donors (Lipinski definition) is 0. The topological polar surface area (TPSA) is 70.6 Å². The molecule has 142 valence electrons. The molecule has 1 aliphatic heterocycles. The first-order valence-electron chi connectivity index (χ1n) is 9.21. The average molecular weight is 411 g/mol. The Morgan fingerprint density at radius 3 is 2.57 bits per heavy atom. The number of nitrogens with zero attached hydrogens (tertiary/aromatic N) is 6. The summed E-state index contributed by atoms with van der Waals surface area (Å²) < 4.78 is 2.07. The predicted molar refractivity (Wildman–Crippen MR) is 109 cm³/mol. The third-order valence-corrected chi connectivity index (χ3v) is 5.84. The summed E-state index contributed by atoms with van der Waals surface area (Å²) in [7, 11) is 0. The van der Waals surface area contributed by atoms with E-state index in [0.29, 0.717) is 10.0 Å². The second-order valence-electron chi connectivity index (χ2n) is 6.60. The molecule has 2 aromatic heterocycles. The van der Waals surface area contributed by atoms with Gasteiger partial charge in [0.1, 0.15) is 11.1 Å². The largest absolute Gasteiger partial charge is 0.296 e. The van der Waals surface area contributed by atoms with Gasteiger partial charge in [-0.3, -0.25) is 9.47 Å². The van der Waals surface area contributed by atoms with Gasteiger partial charge in [-0.1, -0.05) is 36.2 Å². The van der Waals surface area contributed by atoms with Gasteiger partial charge in [-0.25, -0.2) is 4.98 Å². The summed E-state index contributed by atoms with van der Waals surface area (Å²) in [4.78, 5) is 6.75. The maximum atomic E-state index is 9.18. The first-order chi connectivity index (χ1) is 13.7. The Balaban J connectivity index is 1.68. The Labute approximate surface area is 173 Å². The van der Waals surface area contributed by atoms with Crippen LogP contribution in [0.25, 0.3) is 5.69 Å². The molecular weight excluding hydrogens is 392 g/mol. The molecular formula is C20H19ClN6S. The molecule has 3 aromatic rings. The average Bonchev–Trinajstić information content (AvgIpc) is 3.12. The molecule has 3 heterocycles. The van der Waals surface area contributed by atoms with Crippen molar-refractivity contribution in [1.29, 1.82) is 5.26 Å². The van der Waals surface area contributed by atoms with E-state index in [1.54, 1.807) is 12.1 Å². The van der Waals surface area contributed by atoms with E-state index in [9.17, 15) is 5.26 Å². The summed E-state index contributed by atoms with van der Waals surface area (Å²) >= 11 is 7.39. The van der Waals surface area contributed by atoms with Crippen molar-refractivity contribution in [1.82, 2.24) is 24.6 Å². The SMILES string of the molecule is N#Cc1nc(Sc2nnc(CN3CCCCC3)n2-c2ccccc2)ccc1Cl. The minimum Gasteiger partial charge on any atom is -0.296 e. The molecule has 6 nitrogen and oxygen atoms in total. The normalized spacial score (nSPS) is 14.7. The Kier molecular flexibility index (Phi) is 5.91. The van der Waals surface area contributed by atoms with Crippen LogP contribution in [-0.4, -0.2) is 37.7 Å². The fourth-order valence-electron chi connectivity index (χ4n) is 3.28. The smallest absolute Gasteiger partial charge is 0.202 e. The summed E-state index contributed by atoms with van der Waals surface area (Å²) in [5, 5.41) is 19.8. The number of aromatic nitrogens is 4. The molecule has 0 aliphatic carbocycles. The number of benzene rings is 1. The second kappa shape index (κ2) is 8.74. The second-order valence-corrected chi connectivity index (χ2v) is 8.00. The number of piperidine rings is 1. The van der Waals surface area contributed by atoms with Gasteiger partial charge < -0.3 is 0 Å². The van der Waals surface area contributed by atoms with Crippen LogP contribution in [0.3, 0.4) is 0 Å². The van der Waals surface area contributed by atoms with Crippen molar-refractivity contribution in [3.63, 3.8) is 0 Å². The molecule has 0 atom stereocenters. The molecule has 0 radical (unpaired) electrons. The van der Waals surface area contributed by atoms with Crippen LogP contribution < -0.4 is 0 Å². The minimum atomic E-state index is 0.214. The van der Waals surface area contributed by atoms with Crippen molar-refractivity contribution in [2.45, 2.75) is 36.0 Å². The van der Waals surface area contributed by atoms with E-state index in [0.717, 1.165) is 36.3 Å². The van der Waals surface area contributed by atoms with E-state index in [1.807, 2.05) is 36.4 Å². The van der Waals surface area contributed by atoms with Crippen LogP contribution >= 0.6 is 23.4 Å². The minimum absolute atomic E-state index is 0.214. The number of hydrogen-bond acceptors (Lipinski definition) is 6. The van der Waals surface area contributed by atoms with Crippen molar-refractivity contribution < 1.29 is 0 Å². The molecule has 1 saturated heterocycles. The Morgan fingerprint density at radius 1 is 1.04 bits per heavy atom. The van der Waals surface area contributed by atoms with E-state index < -0.39 is 0 Å². The van der Waals surface area contributed by atoms with E-state index >= 15 is 0 Å². The number of likely N-dealkylation sites (tertiary alicyclic amines) is 1. The van der Waals surface area contributed by atoms with Crippen molar-refractivity contribution in [3.05, 3.63) is 59.0 Å². The highest BCUT2D eigenvalue weighted by Gasteiger charge is 2.19. The molecule has 1 fully saturated rings. The molecule has 28 heavy (non-hydrogen) atoms. The van der Waals surface area contributed by atoms with Crippen molar-refractivity contribution >= 4 is 23.4 Å². The highest BCUT2D eigenvalue weighted by molar-refractivity contribution is 7.99. The van der Waals surface area contributed by atoms with Gasteiger partial charge in [-0.15, -0.1) is 10.2 Å². The summed E-state index contributed by atoms with van der Waals surface area (Å²) in [6.07, 6.45) is 3.76. The predicted octanol–water partition coefficient (Wildman–Crippen LogP) is 4.32. The van der Waals surface area contributed by atoms with Crippen LogP contribution in [0.4, 0.5) is 0 Å². The van der Waals surface area contributed by atoms with Crippen LogP contribution in [0.1, 0.15) is 30.8 Å². The van der Waals surface area contributed by atoms with Crippen molar-refractivity contribution in [3.8, 4) is 11.8 Å². The Bertz CT molecular complexity index is 992. The van der Waals surface area contributed by atoms with E-state index in [2.05, 4.69) is 24.6 Å². The molecule has 0 bridgehead atoms. The molecule has 0 N–H and O–H groups in total. The Morgan fingerprint density at radius 2 is 1.82 bits per heavy atom. The standard InChI is InChI=1S/C20H19ClN6S/c21-16-9-10-19(23-17(16)13-22)28-20-25-24-18(14-26-11-5-2-6-12-26)27(20)15-7-3-1-4-8-15/h1,3-4,7-10H,2,5-6,11-12,14H2. The van der Waals surface area contributed by atoms with Gasteiger partial charge >= 0.3 is 0 Å². The van der Waals surface area contributed by atoms with Crippen LogP contribution in [-0.2, 0) is 6.54 Å². The first-order valence-corrected chi connectivity index (χ1v) is 10.4. The van der Waals surface area contributed by atoms with Gasteiger partial charge in [0, 0.05) is 5.69 Å². The molecule has 0 spiro atoms. The third-order valence-electron chi connectivity index (χ3n) is 4.65. The molecule has 0 amide bonds. The van der Waals surface area contributed by atoms with Crippen LogP contribution in [0, 0.1) is 11.3 Å². The number of rotatable bonds is 5. The van der Waals surface area contributed by atoms with Crippen molar-refractivity contribution in [2.24, 2.45) is 0 Å². The number of halogens is 1. The lowest BCUT2D eigenvalue weighted by atomic mass is 10.1. The van der Waals surface area contributed by atoms with Crippen LogP contribution in [0.2, 0.25) is 5.02 Å². The molecule has 1 aliphatic rings. The van der Waals surface area contributed by atoms with E-state index in [1.165, 1.54) is 31.0 Å². The van der Waals surface area contributed by atoms with Gasteiger partial charge in [-0.05, 0) is 62.0 Å². The maximum absolute atomic E-state index is 9.18. The van der Waals surface area contributed by atoms with Crippen LogP contribution in [0.5, 0.6) is 0 Å².